The molecule has 0 N–H and O–H groups in total. The van der Waals surface area contributed by atoms with Crippen LogP contribution in [-0.4, -0.2) is 5.24 Å². The van der Waals surface area contributed by atoms with Gasteiger partial charge < -0.3 is 0 Å². The van der Waals surface area contributed by atoms with Crippen LogP contribution in [0.1, 0.15) is 47.8 Å². The Bertz CT molecular complexity index is 369. The number of rotatable bonds is 4. The number of carbonyl (C=O) groups excluding carboxylic acids is 1. The molecule has 1 aromatic rings. The summed E-state index contributed by atoms with van der Waals surface area (Å²) in [5.41, 5.74) is 4.24. The average Bonchev–Trinajstić information content (AvgIpc) is 2.26. The predicted octanol–water partition coefficient (Wildman–Crippen LogP) is 3.75. The molecule has 0 bridgehead atoms. The van der Waals surface area contributed by atoms with Crippen molar-refractivity contribution in [1.82, 2.24) is 0 Å². The van der Waals surface area contributed by atoms with Crippen molar-refractivity contribution in [3.63, 3.8) is 0 Å². The van der Waals surface area contributed by atoms with E-state index in [2.05, 4.69) is 26.8 Å². The lowest BCUT2D eigenvalue weighted by molar-refractivity contribution is 0.108. The van der Waals surface area contributed by atoms with Gasteiger partial charge >= 0.3 is 0 Å². The third kappa shape index (κ3) is 2.60. The Morgan fingerprint density at radius 1 is 1.13 bits per heavy atom. The molecule has 0 aliphatic carbocycles. The maximum atomic E-state index is 11.3. The summed E-state index contributed by atoms with van der Waals surface area (Å²) >= 11 is 5.61. The fraction of sp³-hybridized carbons (Fsp3) is 0.462. The third-order valence-electron chi connectivity index (χ3n) is 2.76. The summed E-state index contributed by atoms with van der Waals surface area (Å²) in [7, 11) is 0. The first-order valence-electron chi connectivity index (χ1n) is 5.48. The van der Waals surface area contributed by atoms with Crippen LogP contribution in [0.15, 0.2) is 12.1 Å². The number of hydrogen-bond acceptors (Lipinski definition) is 1. The van der Waals surface area contributed by atoms with Crippen LogP contribution in [0.3, 0.4) is 0 Å². The van der Waals surface area contributed by atoms with Crippen molar-refractivity contribution in [2.45, 2.75) is 40.0 Å². The molecule has 0 aromatic heterocycles. The summed E-state index contributed by atoms with van der Waals surface area (Å²) in [6.45, 7) is 6.25. The fourth-order valence-corrected chi connectivity index (χ4v) is 2.08. The molecule has 1 nitrogen and oxygen atoms in total. The summed E-state index contributed by atoms with van der Waals surface area (Å²) < 4.78 is 0. The summed E-state index contributed by atoms with van der Waals surface area (Å²) in [4.78, 5) is 11.3. The van der Waals surface area contributed by atoms with Crippen molar-refractivity contribution < 1.29 is 4.79 Å². The van der Waals surface area contributed by atoms with E-state index in [-0.39, 0.29) is 5.24 Å². The molecule has 0 atom stereocenters. The van der Waals surface area contributed by atoms with Gasteiger partial charge in [0.15, 0.2) is 0 Å². The van der Waals surface area contributed by atoms with Gasteiger partial charge in [-0.25, -0.2) is 0 Å². The fourth-order valence-electron chi connectivity index (χ4n) is 1.91. The van der Waals surface area contributed by atoms with Gasteiger partial charge in [0.1, 0.15) is 0 Å². The highest BCUT2D eigenvalue weighted by Crippen LogP contribution is 2.21. The molecule has 1 aromatic carbocycles. The number of hydrogen-bond donors (Lipinski definition) is 0. The first kappa shape index (κ1) is 12.3. The van der Waals surface area contributed by atoms with E-state index in [9.17, 15) is 4.79 Å². The largest absolute Gasteiger partial charge is 0.276 e. The molecule has 2 heteroatoms. The van der Waals surface area contributed by atoms with Crippen molar-refractivity contribution in [1.29, 1.82) is 0 Å². The molecule has 0 aliphatic rings. The number of carbonyl (C=O) groups is 1. The van der Waals surface area contributed by atoms with Gasteiger partial charge in [-0.05, 0) is 53.6 Å². The van der Waals surface area contributed by atoms with Gasteiger partial charge in [0, 0.05) is 5.56 Å². The molecular weight excluding hydrogens is 208 g/mol. The SMILES string of the molecule is CCc1cc(CC)c(CC)c(C(=O)Cl)c1. The minimum Gasteiger partial charge on any atom is -0.276 e. The molecule has 0 fully saturated rings. The monoisotopic (exact) mass is 224 g/mol. The van der Waals surface area contributed by atoms with Gasteiger partial charge in [0.05, 0.1) is 0 Å². The quantitative estimate of drug-likeness (QED) is 0.712. The first-order valence-corrected chi connectivity index (χ1v) is 5.86. The van der Waals surface area contributed by atoms with E-state index in [1.54, 1.807) is 0 Å². The van der Waals surface area contributed by atoms with Gasteiger partial charge in [0.25, 0.3) is 5.24 Å². The molecule has 0 aliphatic heterocycles. The van der Waals surface area contributed by atoms with E-state index in [0.29, 0.717) is 5.56 Å². The van der Waals surface area contributed by atoms with Crippen molar-refractivity contribution in [3.8, 4) is 0 Å². The third-order valence-corrected chi connectivity index (χ3v) is 2.96. The van der Waals surface area contributed by atoms with Crippen LogP contribution in [0.25, 0.3) is 0 Å². The lowest BCUT2D eigenvalue weighted by Gasteiger charge is -2.12. The van der Waals surface area contributed by atoms with Gasteiger partial charge in [-0.3, -0.25) is 4.79 Å². The van der Waals surface area contributed by atoms with E-state index in [1.807, 2.05) is 6.07 Å². The number of benzene rings is 1. The van der Waals surface area contributed by atoms with Crippen molar-refractivity contribution in [3.05, 3.63) is 34.4 Å². The van der Waals surface area contributed by atoms with E-state index < -0.39 is 0 Å². The van der Waals surface area contributed by atoms with Gasteiger partial charge in [-0.15, -0.1) is 0 Å². The number of halogens is 1. The summed E-state index contributed by atoms with van der Waals surface area (Å²) in [5.74, 6) is 0. The van der Waals surface area contributed by atoms with Crippen LogP contribution in [0.2, 0.25) is 0 Å². The van der Waals surface area contributed by atoms with Crippen LogP contribution < -0.4 is 0 Å². The standard InChI is InChI=1S/C13H17ClO/c1-4-9-7-10(5-2)11(6-3)12(8-9)13(14)15/h7-8H,4-6H2,1-3H3. The van der Waals surface area contributed by atoms with Crippen molar-refractivity contribution >= 4 is 16.8 Å². The van der Waals surface area contributed by atoms with Crippen LogP contribution >= 0.6 is 11.6 Å². The molecule has 1 rings (SSSR count). The molecule has 82 valence electrons. The second kappa shape index (κ2) is 5.32. The summed E-state index contributed by atoms with van der Waals surface area (Å²) in [6, 6.07) is 4.11. The maximum Gasteiger partial charge on any atom is 0.252 e. The Labute approximate surface area is 96.5 Å². The molecule has 0 saturated carbocycles. The minimum absolute atomic E-state index is 0.336. The number of aryl methyl sites for hydroxylation is 2. The zero-order chi connectivity index (χ0) is 11.4. The Hall–Kier alpha value is -0.820. The molecule has 0 amide bonds. The summed E-state index contributed by atoms with van der Waals surface area (Å²) in [5, 5.41) is -0.336. The second-order valence-electron chi connectivity index (χ2n) is 3.62. The molecular formula is C13H17ClO. The Morgan fingerprint density at radius 2 is 1.80 bits per heavy atom. The van der Waals surface area contributed by atoms with Crippen LogP contribution in [-0.2, 0) is 19.3 Å². The molecule has 0 radical (unpaired) electrons. The van der Waals surface area contributed by atoms with Crippen LogP contribution in [0.4, 0.5) is 0 Å². The highest BCUT2D eigenvalue weighted by molar-refractivity contribution is 6.68. The zero-order valence-electron chi connectivity index (χ0n) is 9.56. The van der Waals surface area contributed by atoms with Crippen molar-refractivity contribution in [2.75, 3.05) is 0 Å². The van der Waals surface area contributed by atoms with Crippen LogP contribution in [0.5, 0.6) is 0 Å². The lowest BCUT2D eigenvalue weighted by Crippen LogP contribution is -2.03. The Morgan fingerprint density at radius 3 is 2.20 bits per heavy atom. The van der Waals surface area contributed by atoms with E-state index >= 15 is 0 Å². The molecule has 15 heavy (non-hydrogen) atoms. The molecule has 0 saturated heterocycles. The molecule has 0 spiro atoms. The van der Waals surface area contributed by atoms with Crippen molar-refractivity contribution in [2.24, 2.45) is 0 Å². The Kier molecular flexibility index (Phi) is 4.34. The van der Waals surface area contributed by atoms with E-state index in [4.69, 9.17) is 11.6 Å². The first-order chi connectivity index (χ1) is 7.13. The van der Waals surface area contributed by atoms with Gasteiger partial charge in [-0.1, -0.05) is 26.8 Å². The zero-order valence-corrected chi connectivity index (χ0v) is 10.3. The topological polar surface area (TPSA) is 17.1 Å². The minimum atomic E-state index is -0.336. The normalized spacial score (nSPS) is 10.4. The highest BCUT2D eigenvalue weighted by atomic mass is 35.5. The highest BCUT2D eigenvalue weighted by Gasteiger charge is 2.12. The van der Waals surface area contributed by atoms with Gasteiger partial charge in [0.2, 0.25) is 0 Å². The van der Waals surface area contributed by atoms with E-state index in [1.165, 1.54) is 11.1 Å². The second-order valence-corrected chi connectivity index (χ2v) is 3.96. The van der Waals surface area contributed by atoms with Gasteiger partial charge in [-0.2, -0.15) is 0 Å². The molecule has 0 unspecified atom stereocenters. The van der Waals surface area contributed by atoms with E-state index in [0.717, 1.165) is 24.8 Å². The predicted molar refractivity (Wildman–Crippen MR) is 64.8 cm³/mol. The molecule has 0 heterocycles. The summed E-state index contributed by atoms with van der Waals surface area (Å²) in [6.07, 6.45) is 2.75. The lowest BCUT2D eigenvalue weighted by atomic mass is 9.94. The average molecular weight is 225 g/mol. The smallest absolute Gasteiger partial charge is 0.252 e. The maximum absolute atomic E-state index is 11.3. The Balaban J connectivity index is 3.39. The van der Waals surface area contributed by atoms with Crippen LogP contribution in [0, 0.1) is 0 Å².